The maximum Gasteiger partial charge on any atom is 0.117 e. The molecule has 0 spiro atoms. The van der Waals surface area contributed by atoms with Crippen molar-refractivity contribution < 1.29 is 0 Å². The molecular weight excluding hydrogens is 216 g/mol. The Morgan fingerprint density at radius 2 is 2.12 bits per heavy atom. The van der Waals surface area contributed by atoms with Crippen LogP contribution in [0.1, 0.15) is 12.8 Å². The molecule has 1 aromatic carbocycles. The quantitative estimate of drug-likeness (QED) is 0.348. The molecule has 0 atom stereocenters. The minimum atomic E-state index is 0.829. The van der Waals surface area contributed by atoms with Gasteiger partial charge in [-0.25, -0.2) is 9.97 Å². The molecule has 0 amide bonds. The van der Waals surface area contributed by atoms with Crippen LogP contribution in [-0.4, -0.2) is 15.7 Å². The zero-order valence-electron chi connectivity index (χ0n) is 8.89. The molecule has 80 valence electrons. The van der Waals surface area contributed by atoms with Crippen LogP contribution in [0.4, 0.5) is 0 Å². The van der Waals surface area contributed by atoms with Gasteiger partial charge in [-0.2, -0.15) is 0 Å². The van der Waals surface area contributed by atoms with E-state index in [1.807, 2.05) is 18.2 Å². The molecule has 0 saturated heterocycles. The first-order chi connectivity index (χ1) is 7.92. The van der Waals surface area contributed by atoms with Crippen LogP contribution < -0.4 is 0 Å². The van der Waals surface area contributed by atoms with Crippen LogP contribution in [0, 0.1) is 12.3 Å². The highest BCUT2D eigenvalue weighted by Crippen LogP contribution is 2.24. The van der Waals surface area contributed by atoms with Crippen molar-refractivity contribution in [3.8, 4) is 12.3 Å². The summed E-state index contributed by atoms with van der Waals surface area (Å²) in [5.41, 5.74) is 0.997. The monoisotopic (exact) mass is 228 g/mol. The van der Waals surface area contributed by atoms with Gasteiger partial charge in [0.15, 0.2) is 0 Å². The van der Waals surface area contributed by atoms with Crippen molar-refractivity contribution >= 4 is 22.7 Å². The lowest BCUT2D eigenvalue weighted by Gasteiger charge is -2.03. The second kappa shape index (κ2) is 5.53. The second-order valence-corrected chi connectivity index (χ2v) is 4.44. The standard InChI is InChI=1S/C13H12N2S/c1-2-3-6-9-16-13-11-7-4-5-8-12(11)14-10-15-13/h1,4-5,7-8,10H,3,6,9H2. The average Bonchev–Trinajstić information content (AvgIpc) is 2.35. The highest BCUT2D eigenvalue weighted by atomic mass is 32.2. The highest BCUT2D eigenvalue weighted by Gasteiger charge is 2.02. The summed E-state index contributed by atoms with van der Waals surface area (Å²) < 4.78 is 0. The highest BCUT2D eigenvalue weighted by molar-refractivity contribution is 7.99. The molecule has 0 unspecified atom stereocenters. The minimum absolute atomic E-state index is 0.829. The van der Waals surface area contributed by atoms with E-state index in [0.29, 0.717) is 0 Å². The van der Waals surface area contributed by atoms with Gasteiger partial charge in [0.1, 0.15) is 11.4 Å². The van der Waals surface area contributed by atoms with Crippen molar-refractivity contribution in [2.45, 2.75) is 17.9 Å². The van der Waals surface area contributed by atoms with Crippen LogP contribution in [0.3, 0.4) is 0 Å². The Labute approximate surface area is 99.5 Å². The fourth-order valence-corrected chi connectivity index (χ4v) is 2.37. The van der Waals surface area contributed by atoms with Gasteiger partial charge >= 0.3 is 0 Å². The molecule has 1 heterocycles. The van der Waals surface area contributed by atoms with Gasteiger partial charge in [0.2, 0.25) is 0 Å². The molecule has 2 rings (SSSR count). The summed E-state index contributed by atoms with van der Waals surface area (Å²) >= 11 is 1.74. The first-order valence-electron chi connectivity index (χ1n) is 5.18. The number of para-hydroxylation sites is 1. The van der Waals surface area contributed by atoms with Gasteiger partial charge in [-0.15, -0.1) is 24.1 Å². The molecule has 1 aromatic heterocycles. The summed E-state index contributed by atoms with van der Waals surface area (Å²) in [7, 11) is 0. The third-order valence-electron chi connectivity index (χ3n) is 2.21. The van der Waals surface area contributed by atoms with Crippen molar-refractivity contribution in [1.29, 1.82) is 0 Å². The second-order valence-electron chi connectivity index (χ2n) is 3.35. The molecule has 0 saturated carbocycles. The molecule has 2 aromatic rings. The fourth-order valence-electron chi connectivity index (χ4n) is 1.44. The topological polar surface area (TPSA) is 25.8 Å². The van der Waals surface area contributed by atoms with Gasteiger partial charge in [-0.3, -0.25) is 0 Å². The van der Waals surface area contributed by atoms with E-state index in [1.165, 1.54) is 0 Å². The number of terminal acetylenes is 1. The van der Waals surface area contributed by atoms with E-state index in [-0.39, 0.29) is 0 Å². The Hall–Kier alpha value is -1.53. The fraction of sp³-hybridized carbons (Fsp3) is 0.231. The molecule has 0 aliphatic heterocycles. The van der Waals surface area contributed by atoms with E-state index in [4.69, 9.17) is 6.42 Å². The third kappa shape index (κ3) is 2.53. The Morgan fingerprint density at radius 1 is 1.25 bits per heavy atom. The SMILES string of the molecule is C#CCCCSc1ncnc2ccccc12. The summed E-state index contributed by atoms with van der Waals surface area (Å²) in [6.45, 7) is 0. The number of rotatable bonds is 4. The van der Waals surface area contributed by atoms with E-state index in [2.05, 4.69) is 22.0 Å². The Morgan fingerprint density at radius 3 is 3.00 bits per heavy atom. The van der Waals surface area contributed by atoms with Gasteiger partial charge in [-0.05, 0) is 12.5 Å². The van der Waals surface area contributed by atoms with Gasteiger partial charge in [0, 0.05) is 17.6 Å². The first-order valence-corrected chi connectivity index (χ1v) is 6.16. The predicted molar refractivity (Wildman–Crippen MR) is 68.3 cm³/mol. The number of unbranched alkanes of at least 4 members (excludes halogenated alkanes) is 1. The summed E-state index contributed by atoms with van der Waals surface area (Å²) in [5, 5.41) is 2.17. The molecule has 0 aliphatic rings. The van der Waals surface area contributed by atoms with E-state index in [9.17, 15) is 0 Å². The maximum atomic E-state index is 5.21. The largest absolute Gasteiger partial charge is 0.236 e. The van der Waals surface area contributed by atoms with Crippen molar-refractivity contribution in [2.75, 3.05) is 5.75 Å². The first kappa shape index (κ1) is 11.0. The van der Waals surface area contributed by atoms with Crippen molar-refractivity contribution in [3.05, 3.63) is 30.6 Å². The maximum absolute atomic E-state index is 5.21. The Bertz CT molecular complexity index is 511. The molecule has 0 N–H and O–H groups in total. The van der Waals surface area contributed by atoms with Gasteiger partial charge in [0.25, 0.3) is 0 Å². The molecule has 2 nitrogen and oxygen atoms in total. The summed E-state index contributed by atoms with van der Waals surface area (Å²) in [4.78, 5) is 8.53. The van der Waals surface area contributed by atoms with Crippen LogP contribution >= 0.6 is 11.8 Å². The molecule has 0 bridgehead atoms. The predicted octanol–water partition coefficient (Wildman–Crippen LogP) is 3.14. The zero-order chi connectivity index (χ0) is 11.2. The summed E-state index contributed by atoms with van der Waals surface area (Å²) in [6, 6.07) is 8.06. The molecule has 0 radical (unpaired) electrons. The van der Waals surface area contributed by atoms with Crippen molar-refractivity contribution in [1.82, 2.24) is 9.97 Å². The number of benzene rings is 1. The van der Waals surface area contributed by atoms with E-state index in [0.717, 1.165) is 34.5 Å². The molecule has 0 aliphatic carbocycles. The normalized spacial score (nSPS) is 10.2. The lowest BCUT2D eigenvalue weighted by Crippen LogP contribution is -1.87. The van der Waals surface area contributed by atoms with Gasteiger partial charge in [-0.1, -0.05) is 18.2 Å². The number of thioether (sulfide) groups is 1. The Balaban J connectivity index is 2.15. The zero-order valence-corrected chi connectivity index (χ0v) is 9.70. The molecule has 16 heavy (non-hydrogen) atoms. The van der Waals surface area contributed by atoms with Crippen LogP contribution in [-0.2, 0) is 0 Å². The number of hydrogen-bond acceptors (Lipinski definition) is 3. The summed E-state index contributed by atoms with van der Waals surface area (Å²) in [6.07, 6.45) is 8.69. The number of nitrogens with zero attached hydrogens (tertiary/aromatic N) is 2. The van der Waals surface area contributed by atoms with Gasteiger partial charge < -0.3 is 0 Å². The van der Waals surface area contributed by atoms with E-state index < -0.39 is 0 Å². The minimum Gasteiger partial charge on any atom is -0.236 e. The smallest absolute Gasteiger partial charge is 0.117 e. The van der Waals surface area contributed by atoms with Crippen molar-refractivity contribution in [2.24, 2.45) is 0 Å². The number of fused-ring (bicyclic) bond motifs is 1. The van der Waals surface area contributed by atoms with Crippen LogP contribution in [0.15, 0.2) is 35.6 Å². The van der Waals surface area contributed by atoms with E-state index in [1.54, 1.807) is 18.1 Å². The lowest BCUT2D eigenvalue weighted by atomic mass is 10.2. The average molecular weight is 228 g/mol. The molecule has 3 heteroatoms. The van der Waals surface area contributed by atoms with Crippen LogP contribution in [0.25, 0.3) is 10.9 Å². The third-order valence-corrected chi connectivity index (χ3v) is 3.30. The number of aromatic nitrogens is 2. The molecule has 0 fully saturated rings. The number of hydrogen-bond donors (Lipinski definition) is 0. The molecular formula is C13H12N2S. The Kier molecular flexibility index (Phi) is 3.79. The van der Waals surface area contributed by atoms with Crippen LogP contribution in [0.5, 0.6) is 0 Å². The van der Waals surface area contributed by atoms with Crippen LogP contribution in [0.2, 0.25) is 0 Å². The van der Waals surface area contributed by atoms with Gasteiger partial charge in [0.05, 0.1) is 5.52 Å². The summed E-state index contributed by atoms with van der Waals surface area (Å²) in [5.74, 6) is 3.65. The van der Waals surface area contributed by atoms with E-state index >= 15 is 0 Å². The lowest BCUT2D eigenvalue weighted by molar-refractivity contribution is 0.992. The van der Waals surface area contributed by atoms with Crippen molar-refractivity contribution in [3.63, 3.8) is 0 Å².